The highest BCUT2D eigenvalue weighted by Crippen LogP contribution is 2.39. The lowest BCUT2D eigenvalue weighted by atomic mass is 10.1. The lowest BCUT2D eigenvalue weighted by Gasteiger charge is -2.18. The Hall–Kier alpha value is -2.50. The van der Waals surface area contributed by atoms with Crippen molar-refractivity contribution in [1.29, 1.82) is 0 Å². The number of hydrogen-bond donors (Lipinski definition) is 1. The number of carboxylic acid groups (broad SMARTS) is 1. The van der Waals surface area contributed by atoms with Crippen molar-refractivity contribution in [2.45, 2.75) is 0 Å². The summed E-state index contributed by atoms with van der Waals surface area (Å²) in [6.07, 6.45) is 1.36. The van der Waals surface area contributed by atoms with E-state index >= 15 is 0 Å². The topological polar surface area (TPSA) is 71.9 Å². The number of aromatic carboxylic acids is 1. The molecule has 2 heterocycles. The second-order valence-corrected chi connectivity index (χ2v) is 4.44. The van der Waals surface area contributed by atoms with Crippen molar-refractivity contribution in [3.8, 4) is 11.5 Å². The molecule has 0 unspecified atom stereocenters. The number of carbonyl (C=O) groups is 1. The lowest BCUT2D eigenvalue weighted by molar-refractivity contribution is 0.0697. The zero-order valence-electron chi connectivity index (χ0n) is 10.5. The maximum Gasteiger partial charge on any atom is 0.339 e. The monoisotopic (exact) mass is 260 g/mol. The molecule has 1 aliphatic rings. The number of carboxylic acids is 1. The summed E-state index contributed by atoms with van der Waals surface area (Å²) < 4.78 is 10.6. The lowest BCUT2D eigenvalue weighted by Crippen LogP contribution is -2.15. The second kappa shape index (κ2) is 4.01. The molecular formula is C13H12N2O4. The molecular weight excluding hydrogens is 248 g/mol. The van der Waals surface area contributed by atoms with Gasteiger partial charge in [0.2, 0.25) is 6.79 Å². The summed E-state index contributed by atoms with van der Waals surface area (Å²) in [5.74, 6) is 0.239. The van der Waals surface area contributed by atoms with E-state index in [2.05, 4.69) is 4.98 Å². The van der Waals surface area contributed by atoms with E-state index in [1.807, 2.05) is 0 Å². The highest BCUT2D eigenvalue weighted by atomic mass is 16.7. The van der Waals surface area contributed by atoms with E-state index in [-0.39, 0.29) is 12.4 Å². The molecule has 0 saturated heterocycles. The van der Waals surface area contributed by atoms with Crippen LogP contribution in [0.1, 0.15) is 10.4 Å². The van der Waals surface area contributed by atoms with Gasteiger partial charge in [0.15, 0.2) is 11.5 Å². The SMILES string of the molecule is CN(C)c1c(C(=O)O)cnc2cc3c(cc12)OCO3. The predicted molar refractivity (Wildman–Crippen MR) is 69.2 cm³/mol. The van der Waals surface area contributed by atoms with E-state index in [1.165, 1.54) is 6.20 Å². The number of rotatable bonds is 2. The molecule has 0 aliphatic carbocycles. The zero-order chi connectivity index (χ0) is 13.6. The summed E-state index contributed by atoms with van der Waals surface area (Å²) in [5.41, 5.74) is 1.45. The van der Waals surface area contributed by atoms with E-state index < -0.39 is 5.97 Å². The molecule has 0 bridgehead atoms. The molecule has 0 saturated carbocycles. The number of ether oxygens (including phenoxy) is 2. The zero-order valence-corrected chi connectivity index (χ0v) is 10.5. The minimum atomic E-state index is -1.00. The molecule has 1 aliphatic heterocycles. The fourth-order valence-electron chi connectivity index (χ4n) is 2.21. The van der Waals surface area contributed by atoms with E-state index in [0.717, 1.165) is 5.39 Å². The van der Waals surface area contributed by atoms with Gasteiger partial charge in [0.1, 0.15) is 5.56 Å². The van der Waals surface area contributed by atoms with Crippen molar-refractivity contribution < 1.29 is 19.4 Å². The Kier molecular flexibility index (Phi) is 2.45. The molecule has 2 aromatic rings. The minimum absolute atomic E-state index is 0.163. The van der Waals surface area contributed by atoms with Gasteiger partial charge in [0.25, 0.3) is 0 Å². The van der Waals surface area contributed by atoms with Gasteiger partial charge < -0.3 is 19.5 Å². The first-order valence-corrected chi connectivity index (χ1v) is 5.71. The van der Waals surface area contributed by atoms with Crippen LogP contribution < -0.4 is 14.4 Å². The van der Waals surface area contributed by atoms with E-state index in [9.17, 15) is 9.90 Å². The van der Waals surface area contributed by atoms with Crippen LogP contribution in [-0.2, 0) is 0 Å². The van der Waals surface area contributed by atoms with Crippen LogP contribution in [0.2, 0.25) is 0 Å². The van der Waals surface area contributed by atoms with Crippen molar-refractivity contribution in [2.24, 2.45) is 0 Å². The molecule has 3 rings (SSSR count). The number of anilines is 1. The first-order chi connectivity index (χ1) is 9.08. The van der Waals surface area contributed by atoms with Crippen LogP contribution in [0.5, 0.6) is 11.5 Å². The number of benzene rings is 1. The van der Waals surface area contributed by atoms with Crippen molar-refractivity contribution in [2.75, 3.05) is 25.8 Å². The van der Waals surface area contributed by atoms with Crippen LogP contribution in [0.15, 0.2) is 18.3 Å². The Morgan fingerprint density at radius 3 is 2.63 bits per heavy atom. The fraction of sp³-hybridized carbons (Fsp3) is 0.231. The standard InChI is InChI=1S/C13H12N2O4/c1-15(2)12-7-3-10-11(19-6-18-10)4-9(7)14-5-8(12)13(16)17/h3-5H,6H2,1-2H3,(H,16,17). The van der Waals surface area contributed by atoms with Crippen molar-refractivity contribution >= 4 is 22.6 Å². The molecule has 0 spiro atoms. The Labute approximate surface area is 109 Å². The first-order valence-electron chi connectivity index (χ1n) is 5.71. The van der Waals surface area contributed by atoms with Gasteiger partial charge >= 0.3 is 5.97 Å². The third-order valence-electron chi connectivity index (χ3n) is 3.01. The molecule has 0 atom stereocenters. The summed E-state index contributed by atoms with van der Waals surface area (Å²) in [6.45, 7) is 0.175. The van der Waals surface area contributed by atoms with Gasteiger partial charge in [0.05, 0.1) is 11.2 Å². The van der Waals surface area contributed by atoms with Crippen LogP contribution >= 0.6 is 0 Å². The van der Waals surface area contributed by atoms with Gasteiger partial charge in [-0.15, -0.1) is 0 Å². The van der Waals surface area contributed by atoms with Crippen molar-refractivity contribution in [1.82, 2.24) is 4.98 Å². The number of fused-ring (bicyclic) bond motifs is 2. The Morgan fingerprint density at radius 1 is 1.32 bits per heavy atom. The third kappa shape index (κ3) is 1.72. The fourth-order valence-corrected chi connectivity index (χ4v) is 2.21. The Morgan fingerprint density at radius 2 is 2.00 bits per heavy atom. The maximum absolute atomic E-state index is 11.3. The molecule has 19 heavy (non-hydrogen) atoms. The number of aromatic nitrogens is 1. The quantitative estimate of drug-likeness (QED) is 0.886. The van der Waals surface area contributed by atoms with Crippen LogP contribution in [0, 0.1) is 0 Å². The van der Waals surface area contributed by atoms with Crippen LogP contribution in [0.4, 0.5) is 5.69 Å². The average Bonchev–Trinajstić information content (AvgIpc) is 2.81. The molecule has 98 valence electrons. The van der Waals surface area contributed by atoms with Gasteiger partial charge in [0, 0.05) is 31.7 Å². The smallest absolute Gasteiger partial charge is 0.339 e. The van der Waals surface area contributed by atoms with Crippen LogP contribution in [0.25, 0.3) is 10.9 Å². The van der Waals surface area contributed by atoms with E-state index in [4.69, 9.17) is 9.47 Å². The number of pyridine rings is 1. The largest absolute Gasteiger partial charge is 0.478 e. The Balaban J connectivity index is 2.36. The first kappa shape index (κ1) is 11.6. The highest BCUT2D eigenvalue weighted by molar-refractivity contribution is 6.05. The molecule has 1 N–H and O–H groups in total. The summed E-state index contributed by atoms with van der Waals surface area (Å²) in [7, 11) is 3.59. The molecule has 1 aromatic heterocycles. The molecule has 1 aromatic carbocycles. The van der Waals surface area contributed by atoms with Gasteiger partial charge in [-0.1, -0.05) is 0 Å². The highest BCUT2D eigenvalue weighted by Gasteiger charge is 2.20. The number of nitrogens with zero attached hydrogens (tertiary/aromatic N) is 2. The molecule has 6 nitrogen and oxygen atoms in total. The summed E-state index contributed by atoms with van der Waals surface area (Å²) in [5, 5.41) is 9.98. The van der Waals surface area contributed by atoms with E-state index in [1.54, 1.807) is 31.1 Å². The van der Waals surface area contributed by atoms with Gasteiger partial charge in [-0.05, 0) is 6.07 Å². The van der Waals surface area contributed by atoms with Crippen molar-refractivity contribution in [3.05, 3.63) is 23.9 Å². The van der Waals surface area contributed by atoms with Crippen LogP contribution in [-0.4, -0.2) is 36.9 Å². The maximum atomic E-state index is 11.3. The second-order valence-electron chi connectivity index (χ2n) is 4.44. The molecule has 0 amide bonds. The van der Waals surface area contributed by atoms with Crippen molar-refractivity contribution in [3.63, 3.8) is 0 Å². The predicted octanol–water partition coefficient (Wildman–Crippen LogP) is 1.73. The summed E-state index contributed by atoms with van der Waals surface area (Å²) in [4.78, 5) is 17.2. The summed E-state index contributed by atoms with van der Waals surface area (Å²) in [6, 6.07) is 3.53. The molecule has 0 radical (unpaired) electrons. The summed E-state index contributed by atoms with van der Waals surface area (Å²) >= 11 is 0. The van der Waals surface area contributed by atoms with Crippen LogP contribution in [0.3, 0.4) is 0 Å². The Bertz CT molecular complexity index is 682. The van der Waals surface area contributed by atoms with Gasteiger partial charge in [-0.3, -0.25) is 4.98 Å². The third-order valence-corrected chi connectivity index (χ3v) is 3.01. The number of hydrogen-bond acceptors (Lipinski definition) is 5. The normalized spacial score (nSPS) is 12.7. The molecule has 0 fully saturated rings. The average molecular weight is 260 g/mol. The minimum Gasteiger partial charge on any atom is -0.478 e. The van der Waals surface area contributed by atoms with E-state index in [0.29, 0.717) is 22.7 Å². The molecule has 6 heteroatoms. The van der Waals surface area contributed by atoms with Gasteiger partial charge in [-0.25, -0.2) is 4.79 Å². The van der Waals surface area contributed by atoms with Gasteiger partial charge in [-0.2, -0.15) is 0 Å².